The van der Waals surface area contributed by atoms with Crippen molar-refractivity contribution in [1.29, 1.82) is 0 Å². The van der Waals surface area contributed by atoms with Crippen LogP contribution >= 0.6 is 0 Å². The zero-order chi connectivity index (χ0) is 38.2. The van der Waals surface area contributed by atoms with E-state index >= 15 is 0 Å². The van der Waals surface area contributed by atoms with Gasteiger partial charge in [-0.3, -0.25) is 0 Å². The van der Waals surface area contributed by atoms with Crippen molar-refractivity contribution in [2.75, 3.05) is 4.90 Å². The summed E-state index contributed by atoms with van der Waals surface area (Å²) < 4.78 is 2.39. The molecule has 0 spiro atoms. The predicted octanol–water partition coefficient (Wildman–Crippen LogP) is 14.6. The van der Waals surface area contributed by atoms with Gasteiger partial charge in [-0.05, 0) is 114 Å². The average molecular weight is 725 g/mol. The fourth-order valence-corrected chi connectivity index (χ4v) is 9.20. The van der Waals surface area contributed by atoms with Gasteiger partial charge in [0.2, 0.25) is 0 Å². The van der Waals surface area contributed by atoms with E-state index in [0.717, 1.165) is 36.3 Å². The molecule has 4 aliphatic rings. The quantitative estimate of drug-likeness (QED) is 0.145. The van der Waals surface area contributed by atoms with Crippen LogP contribution in [-0.2, 0) is 5.41 Å². The normalized spacial score (nSPS) is 17.9. The van der Waals surface area contributed by atoms with Gasteiger partial charge >= 0.3 is 0 Å². The molecule has 274 valence electrons. The molecule has 4 aliphatic carbocycles. The molecule has 0 bridgehead atoms. The van der Waals surface area contributed by atoms with Gasteiger partial charge in [-0.1, -0.05) is 153 Å². The predicted molar refractivity (Wildman–Crippen MR) is 241 cm³/mol. The smallest absolute Gasteiger partial charge is 0.0537 e. The molecule has 5 aromatic rings. The van der Waals surface area contributed by atoms with E-state index in [1.54, 1.807) is 0 Å². The summed E-state index contributed by atoms with van der Waals surface area (Å²) in [5.74, 6) is 0.423. The van der Waals surface area contributed by atoms with Crippen LogP contribution in [0.2, 0.25) is 0 Å². The topological polar surface area (TPSA) is 8.17 Å². The van der Waals surface area contributed by atoms with E-state index in [9.17, 15) is 0 Å². The molecule has 1 unspecified atom stereocenters. The van der Waals surface area contributed by atoms with Gasteiger partial charge in [-0.2, -0.15) is 0 Å². The number of aromatic nitrogens is 1. The number of nitrogens with zero attached hydrogens (tertiary/aromatic N) is 2. The van der Waals surface area contributed by atoms with Gasteiger partial charge in [-0.15, -0.1) is 0 Å². The van der Waals surface area contributed by atoms with Crippen LogP contribution in [0.4, 0.5) is 11.4 Å². The molecule has 0 fully saturated rings. The summed E-state index contributed by atoms with van der Waals surface area (Å²) in [6.45, 7) is 10.8. The maximum atomic E-state index is 3.92. The van der Waals surface area contributed by atoms with Crippen molar-refractivity contribution in [3.63, 3.8) is 0 Å². The van der Waals surface area contributed by atoms with E-state index in [4.69, 9.17) is 0 Å². The van der Waals surface area contributed by atoms with Gasteiger partial charge in [0.05, 0.1) is 11.4 Å². The van der Waals surface area contributed by atoms with Crippen molar-refractivity contribution in [3.05, 3.63) is 215 Å². The van der Waals surface area contributed by atoms with Crippen molar-refractivity contribution in [2.24, 2.45) is 0 Å². The van der Waals surface area contributed by atoms with Crippen LogP contribution in [0, 0.1) is 0 Å². The van der Waals surface area contributed by atoms with Crippen molar-refractivity contribution < 1.29 is 0 Å². The molecular formula is C54H48N2. The van der Waals surface area contributed by atoms with Crippen LogP contribution in [-0.4, -0.2) is 4.57 Å². The van der Waals surface area contributed by atoms with Crippen molar-refractivity contribution in [1.82, 2.24) is 4.57 Å². The molecule has 0 amide bonds. The lowest BCUT2D eigenvalue weighted by Gasteiger charge is -2.33. The zero-order valence-electron chi connectivity index (χ0n) is 32.6. The van der Waals surface area contributed by atoms with Crippen molar-refractivity contribution >= 4 is 46.9 Å². The van der Waals surface area contributed by atoms with E-state index in [0.29, 0.717) is 5.92 Å². The Morgan fingerprint density at radius 2 is 1.39 bits per heavy atom. The number of benzene rings is 4. The highest BCUT2D eigenvalue weighted by Crippen LogP contribution is 2.54. The summed E-state index contributed by atoms with van der Waals surface area (Å²) in [7, 11) is 0. The minimum absolute atomic E-state index is 0.0242. The minimum atomic E-state index is -0.0242. The summed E-state index contributed by atoms with van der Waals surface area (Å²) in [5.41, 5.74) is 19.0. The summed E-state index contributed by atoms with van der Waals surface area (Å²) >= 11 is 0. The standard InChI is InChI=1S/C54H48N2/c1-5-7-20-42(6-2)56-52-24-13-9-12-22-48(52)49-36-41(19-16-25-53(49)56)40-28-32-44(33-29-40)55(43-30-26-39(27-31-43)38-17-10-8-11-18-38)45-34-35-47-46-21-14-15-23-50(46)54(3,4)51(47)37-45/h5-8,10-18,20-34,36-37,47H,1,9,19,35H2,2-4H3/b20-7-,42-6+. The second-order valence-electron chi connectivity index (χ2n) is 15.6. The van der Waals surface area contributed by atoms with Crippen LogP contribution < -0.4 is 4.90 Å². The fourth-order valence-electron chi connectivity index (χ4n) is 9.20. The SMILES string of the molecule is C=C/C=C\C(=C/C)n1c2c(c3c1C=CCC(c1ccc(N(C4=CCC5C(=C4)C(C)(C)c4ccccc45)c4ccc(-c5ccccc5)cc4)cc1)=C3)C=CCC=C2. The number of hydrogen-bond donors (Lipinski definition) is 0. The first-order valence-corrected chi connectivity index (χ1v) is 20.0. The molecule has 2 nitrogen and oxygen atoms in total. The Bertz CT molecular complexity index is 2570. The second-order valence-corrected chi connectivity index (χ2v) is 15.6. The van der Waals surface area contributed by atoms with Crippen LogP contribution in [0.5, 0.6) is 0 Å². The van der Waals surface area contributed by atoms with Gasteiger partial charge in [0.15, 0.2) is 0 Å². The lowest BCUT2D eigenvalue weighted by Crippen LogP contribution is -2.22. The van der Waals surface area contributed by atoms with Gasteiger partial charge < -0.3 is 9.47 Å². The van der Waals surface area contributed by atoms with Crippen molar-refractivity contribution in [3.8, 4) is 11.1 Å². The highest BCUT2D eigenvalue weighted by atomic mass is 15.1. The molecule has 0 N–H and O–H groups in total. The number of anilines is 2. The molecular weight excluding hydrogens is 677 g/mol. The molecule has 0 saturated heterocycles. The van der Waals surface area contributed by atoms with Gasteiger partial charge in [-0.25, -0.2) is 0 Å². The van der Waals surface area contributed by atoms with E-state index in [1.165, 1.54) is 67.2 Å². The Labute approximate surface area is 332 Å². The van der Waals surface area contributed by atoms with E-state index in [1.807, 2.05) is 12.2 Å². The summed E-state index contributed by atoms with van der Waals surface area (Å²) in [6, 6.07) is 38.0. The number of hydrogen-bond acceptors (Lipinski definition) is 1. The zero-order valence-corrected chi connectivity index (χ0v) is 32.6. The number of allylic oxidation sites excluding steroid dienone is 12. The first kappa shape index (κ1) is 35.3. The molecule has 1 heterocycles. The molecule has 2 heteroatoms. The second kappa shape index (κ2) is 14.7. The Hall–Kier alpha value is -6.38. The maximum Gasteiger partial charge on any atom is 0.0537 e. The van der Waals surface area contributed by atoms with Crippen LogP contribution in [0.3, 0.4) is 0 Å². The van der Waals surface area contributed by atoms with Gasteiger partial charge in [0, 0.05) is 45.2 Å². The first-order valence-electron chi connectivity index (χ1n) is 20.0. The van der Waals surface area contributed by atoms with Crippen LogP contribution in [0.15, 0.2) is 176 Å². The number of fused-ring (bicyclic) bond motifs is 6. The molecule has 0 saturated carbocycles. The minimum Gasteiger partial charge on any atom is -0.311 e. The summed E-state index contributed by atoms with van der Waals surface area (Å²) in [5, 5.41) is 0. The molecule has 1 atom stereocenters. The lowest BCUT2D eigenvalue weighted by molar-refractivity contribution is 0.609. The third kappa shape index (κ3) is 6.16. The maximum absolute atomic E-state index is 3.92. The highest BCUT2D eigenvalue weighted by molar-refractivity contribution is 5.93. The van der Waals surface area contributed by atoms with E-state index < -0.39 is 0 Å². The third-order valence-electron chi connectivity index (χ3n) is 12.0. The van der Waals surface area contributed by atoms with Crippen LogP contribution in [0.25, 0.3) is 46.7 Å². The largest absolute Gasteiger partial charge is 0.311 e. The molecule has 9 rings (SSSR count). The third-order valence-corrected chi connectivity index (χ3v) is 12.0. The Morgan fingerprint density at radius 3 is 2.14 bits per heavy atom. The van der Waals surface area contributed by atoms with Crippen molar-refractivity contribution in [2.45, 2.75) is 51.4 Å². The summed E-state index contributed by atoms with van der Waals surface area (Å²) in [4.78, 5) is 2.45. The monoisotopic (exact) mass is 724 g/mol. The van der Waals surface area contributed by atoms with E-state index in [-0.39, 0.29) is 5.41 Å². The molecule has 1 aromatic heterocycles. The highest BCUT2D eigenvalue weighted by Gasteiger charge is 2.42. The van der Waals surface area contributed by atoms with E-state index in [2.05, 4.69) is 207 Å². The average Bonchev–Trinajstić information content (AvgIpc) is 3.41. The number of rotatable bonds is 8. The Morgan fingerprint density at radius 1 is 0.732 bits per heavy atom. The molecule has 56 heavy (non-hydrogen) atoms. The lowest BCUT2D eigenvalue weighted by atomic mass is 9.78. The van der Waals surface area contributed by atoms with Crippen LogP contribution in [0.1, 0.15) is 85.2 Å². The Kier molecular flexibility index (Phi) is 9.27. The van der Waals surface area contributed by atoms with Gasteiger partial charge in [0.25, 0.3) is 0 Å². The Balaban J connectivity index is 1.11. The first-order chi connectivity index (χ1) is 27.5. The molecule has 4 aromatic carbocycles. The van der Waals surface area contributed by atoms with Gasteiger partial charge in [0.1, 0.15) is 0 Å². The fraction of sp³-hybridized carbons (Fsp3) is 0.148. The molecule has 0 aliphatic heterocycles. The molecule has 0 radical (unpaired) electrons. The summed E-state index contributed by atoms with van der Waals surface area (Å²) in [6.07, 6.45) is 32.0.